The van der Waals surface area contributed by atoms with Crippen LogP contribution in [0, 0.1) is 0 Å². The molecule has 2 unspecified atom stereocenters. The quantitative estimate of drug-likeness (QED) is 0.488. The molecular formula is C26H32F2N2O6S. The van der Waals surface area contributed by atoms with Crippen LogP contribution >= 0.6 is 0 Å². The summed E-state index contributed by atoms with van der Waals surface area (Å²) in [6.45, 7) is 0.931. The minimum atomic E-state index is -3.68. The van der Waals surface area contributed by atoms with Gasteiger partial charge in [-0.15, -0.1) is 0 Å². The highest BCUT2D eigenvalue weighted by atomic mass is 32.2. The van der Waals surface area contributed by atoms with E-state index in [1.54, 1.807) is 37.4 Å². The van der Waals surface area contributed by atoms with Crippen LogP contribution in [-0.2, 0) is 36.0 Å². The van der Waals surface area contributed by atoms with Gasteiger partial charge in [0.25, 0.3) is 5.91 Å². The Morgan fingerprint density at radius 2 is 1.76 bits per heavy atom. The molecule has 0 aromatic heterocycles. The fourth-order valence-electron chi connectivity index (χ4n) is 4.69. The van der Waals surface area contributed by atoms with Crippen molar-refractivity contribution >= 4 is 15.9 Å². The van der Waals surface area contributed by atoms with Crippen molar-refractivity contribution in [2.24, 2.45) is 0 Å². The largest absolute Gasteiger partial charge is 0.486 e. The van der Waals surface area contributed by atoms with Crippen LogP contribution in [0.5, 0.6) is 5.75 Å². The number of alkyl halides is 2. The summed E-state index contributed by atoms with van der Waals surface area (Å²) in [5.41, 5.74) is 0.157. The van der Waals surface area contributed by atoms with Crippen LogP contribution in [0.1, 0.15) is 24.0 Å². The fourth-order valence-corrected chi connectivity index (χ4v) is 6.16. The Morgan fingerprint density at radius 1 is 1.08 bits per heavy atom. The summed E-state index contributed by atoms with van der Waals surface area (Å²) in [6.07, 6.45) is -0.0190. The fraction of sp³-hybridized carbons (Fsp3) is 0.500. The van der Waals surface area contributed by atoms with Gasteiger partial charge >= 0.3 is 5.92 Å². The molecule has 0 N–H and O–H groups in total. The number of rotatable bonds is 9. The van der Waals surface area contributed by atoms with Crippen LogP contribution in [0.3, 0.4) is 0 Å². The van der Waals surface area contributed by atoms with Gasteiger partial charge in [0.15, 0.2) is 0 Å². The Balaban J connectivity index is 1.43. The van der Waals surface area contributed by atoms with Crippen molar-refractivity contribution in [2.75, 3.05) is 40.5 Å². The monoisotopic (exact) mass is 538 g/mol. The molecule has 4 rings (SSSR count). The van der Waals surface area contributed by atoms with E-state index in [1.807, 2.05) is 0 Å². The second kappa shape index (κ2) is 11.4. The third-order valence-corrected chi connectivity index (χ3v) is 8.76. The van der Waals surface area contributed by atoms with Crippen LogP contribution in [0.2, 0.25) is 0 Å². The summed E-state index contributed by atoms with van der Waals surface area (Å²) in [7, 11) is -0.556. The number of methoxy groups -OCH3 is 1. The lowest BCUT2D eigenvalue weighted by molar-refractivity contribution is -0.158. The molecule has 8 nitrogen and oxygen atoms in total. The third kappa shape index (κ3) is 6.28. The van der Waals surface area contributed by atoms with E-state index < -0.39 is 34.1 Å². The predicted octanol–water partition coefficient (Wildman–Crippen LogP) is 3.02. The number of halogens is 2. The van der Waals surface area contributed by atoms with E-state index in [0.717, 1.165) is 4.90 Å². The first-order chi connectivity index (χ1) is 17.6. The van der Waals surface area contributed by atoms with E-state index in [0.29, 0.717) is 37.4 Å². The van der Waals surface area contributed by atoms with E-state index in [-0.39, 0.29) is 30.4 Å². The van der Waals surface area contributed by atoms with Crippen LogP contribution in [0.25, 0.3) is 0 Å². The standard InChI is InChI=1S/C26H32F2N2O6S/c1-29(21-11-13-35-14-12-21)37(32,33)18-19-7-6-10-22(15-19)36-24-17-30(16-23(24)34-2)25(31)26(27,28)20-8-4-3-5-9-20/h3-10,15,21,23-24H,11-14,16-18H2,1-2H3. The number of nitrogens with zero attached hydrogens (tertiary/aromatic N) is 2. The molecular weight excluding hydrogens is 506 g/mol. The minimum Gasteiger partial charge on any atom is -0.486 e. The zero-order valence-electron chi connectivity index (χ0n) is 20.9. The first kappa shape index (κ1) is 27.4. The molecule has 2 saturated heterocycles. The topological polar surface area (TPSA) is 85.4 Å². The summed E-state index contributed by atoms with van der Waals surface area (Å²) < 4.78 is 73.9. The van der Waals surface area contributed by atoms with Crippen molar-refractivity contribution in [2.45, 2.75) is 42.8 Å². The van der Waals surface area contributed by atoms with Crippen molar-refractivity contribution in [3.8, 4) is 5.75 Å². The lowest BCUT2D eigenvalue weighted by Gasteiger charge is -2.30. The number of hydrogen-bond acceptors (Lipinski definition) is 6. The lowest BCUT2D eigenvalue weighted by atomic mass is 10.1. The molecule has 0 spiro atoms. The third-order valence-electron chi connectivity index (χ3n) is 6.89. The van der Waals surface area contributed by atoms with Gasteiger partial charge in [-0.2, -0.15) is 8.78 Å². The van der Waals surface area contributed by atoms with E-state index in [2.05, 4.69) is 0 Å². The molecule has 2 fully saturated rings. The van der Waals surface area contributed by atoms with Gasteiger partial charge in [-0.3, -0.25) is 4.79 Å². The lowest BCUT2D eigenvalue weighted by Crippen LogP contribution is -2.41. The summed E-state index contributed by atoms with van der Waals surface area (Å²) in [6, 6.07) is 13.5. The summed E-state index contributed by atoms with van der Waals surface area (Å²) in [4.78, 5) is 13.8. The highest BCUT2D eigenvalue weighted by Crippen LogP contribution is 2.32. The predicted molar refractivity (Wildman–Crippen MR) is 133 cm³/mol. The van der Waals surface area contributed by atoms with Crippen molar-refractivity contribution in [3.05, 3.63) is 65.7 Å². The molecule has 2 aromatic carbocycles. The molecule has 0 aliphatic carbocycles. The maximum Gasteiger partial charge on any atom is 0.349 e. The van der Waals surface area contributed by atoms with E-state index in [4.69, 9.17) is 14.2 Å². The number of sulfonamides is 1. The molecule has 2 aliphatic heterocycles. The number of carbonyl (C=O) groups is 1. The number of hydrogen-bond donors (Lipinski definition) is 0. The molecule has 11 heteroatoms. The second-order valence-corrected chi connectivity index (χ2v) is 11.4. The number of benzene rings is 2. The van der Waals surface area contributed by atoms with Gasteiger partial charge in [0.2, 0.25) is 10.0 Å². The number of ether oxygens (including phenoxy) is 3. The molecule has 0 radical (unpaired) electrons. The second-order valence-electron chi connectivity index (χ2n) is 9.34. The Hall–Kier alpha value is -2.60. The maximum absolute atomic E-state index is 14.9. The smallest absolute Gasteiger partial charge is 0.349 e. The molecule has 37 heavy (non-hydrogen) atoms. The Kier molecular flexibility index (Phi) is 8.47. The zero-order valence-corrected chi connectivity index (χ0v) is 21.7. The molecule has 0 saturated carbocycles. The van der Waals surface area contributed by atoms with Crippen molar-refractivity contribution in [3.63, 3.8) is 0 Å². The maximum atomic E-state index is 14.9. The van der Waals surface area contributed by atoms with Gasteiger partial charge in [0.05, 0.1) is 18.8 Å². The minimum absolute atomic E-state index is 0.0492. The molecule has 2 aliphatic rings. The van der Waals surface area contributed by atoms with Crippen molar-refractivity contribution in [1.82, 2.24) is 9.21 Å². The molecule has 202 valence electrons. The van der Waals surface area contributed by atoms with E-state index in [1.165, 1.54) is 35.7 Å². The molecule has 2 heterocycles. The van der Waals surface area contributed by atoms with Crippen molar-refractivity contribution in [1.29, 1.82) is 0 Å². The number of carbonyl (C=O) groups excluding carboxylic acids is 1. The van der Waals surface area contributed by atoms with Gasteiger partial charge in [-0.25, -0.2) is 12.7 Å². The Labute approximate surface area is 216 Å². The number of likely N-dealkylation sites (tertiary alicyclic amines) is 1. The van der Waals surface area contributed by atoms with Gasteiger partial charge < -0.3 is 19.1 Å². The van der Waals surface area contributed by atoms with Crippen LogP contribution in [0.15, 0.2) is 54.6 Å². The normalized spacial score (nSPS) is 21.4. The molecule has 2 aromatic rings. The first-order valence-electron chi connectivity index (χ1n) is 12.2. The van der Waals surface area contributed by atoms with Crippen LogP contribution < -0.4 is 4.74 Å². The zero-order chi connectivity index (χ0) is 26.6. The van der Waals surface area contributed by atoms with Crippen molar-refractivity contribution < 1.29 is 36.2 Å². The first-order valence-corrected chi connectivity index (χ1v) is 13.8. The summed E-state index contributed by atoms with van der Waals surface area (Å²) >= 11 is 0. The van der Waals surface area contributed by atoms with Gasteiger partial charge in [0, 0.05) is 39.0 Å². The van der Waals surface area contributed by atoms with E-state index >= 15 is 0 Å². The van der Waals surface area contributed by atoms with Crippen LogP contribution in [0.4, 0.5) is 8.78 Å². The Bertz CT molecular complexity index is 1170. The van der Waals surface area contributed by atoms with Gasteiger partial charge in [-0.1, -0.05) is 42.5 Å². The highest BCUT2D eigenvalue weighted by Gasteiger charge is 2.48. The van der Waals surface area contributed by atoms with Gasteiger partial charge in [-0.05, 0) is 30.5 Å². The van der Waals surface area contributed by atoms with Gasteiger partial charge in [0.1, 0.15) is 18.0 Å². The average molecular weight is 539 g/mol. The molecule has 0 bridgehead atoms. The molecule has 2 atom stereocenters. The van der Waals surface area contributed by atoms with Crippen LogP contribution in [-0.4, -0.2) is 82.2 Å². The summed E-state index contributed by atoms with van der Waals surface area (Å²) in [5, 5.41) is 0. The SMILES string of the molecule is COC1CN(C(=O)C(F)(F)c2ccccc2)CC1Oc1cccc(CS(=O)(=O)N(C)C2CCOCC2)c1. The van der Waals surface area contributed by atoms with E-state index in [9.17, 15) is 22.0 Å². The average Bonchev–Trinajstić information content (AvgIpc) is 3.31. The summed E-state index contributed by atoms with van der Waals surface area (Å²) in [5.74, 6) is -4.83. The molecule has 1 amide bonds. The highest BCUT2D eigenvalue weighted by molar-refractivity contribution is 7.88. The number of amides is 1. The Morgan fingerprint density at radius 3 is 2.43 bits per heavy atom.